The zero-order valence-corrected chi connectivity index (χ0v) is 16.7. The van der Waals surface area contributed by atoms with Crippen LogP contribution in [-0.4, -0.2) is 40.2 Å². The van der Waals surface area contributed by atoms with Gasteiger partial charge in [0.25, 0.3) is 5.22 Å². The van der Waals surface area contributed by atoms with Crippen molar-refractivity contribution in [2.75, 3.05) is 19.1 Å². The molecule has 0 fully saturated rings. The normalized spacial score (nSPS) is 12.4. The number of hydrogen-bond donors (Lipinski definition) is 2. The molecule has 2 N–H and O–H groups in total. The summed E-state index contributed by atoms with van der Waals surface area (Å²) < 4.78 is 16.3. The van der Waals surface area contributed by atoms with Gasteiger partial charge in [0.1, 0.15) is 0 Å². The average Bonchev–Trinajstić information content (AvgIpc) is 3.51. The fourth-order valence-corrected chi connectivity index (χ4v) is 3.86. The second-order valence-corrected chi connectivity index (χ2v) is 7.62. The maximum atomic E-state index is 12.2. The van der Waals surface area contributed by atoms with Crippen LogP contribution in [-0.2, 0) is 11.2 Å². The molecule has 0 aliphatic carbocycles. The number of aromatic nitrogens is 3. The van der Waals surface area contributed by atoms with Gasteiger partial charge in [-0.25, -0.2) is 0 Å². The summed E-state index contributed by atoms with van der Waals surface area (Å²) in [6, 6.07) is 13.5. The summed E-state index contributed by atoms with van der Waals surface area (Å²) in [5.74, 6) is 1.83. The maximum Gasteiger partial charge on any atom is 0.277 e. The molecule has 4 aromatic rings. The molecule has 30 heavy (non-hydrogen) atoms. The Bertz CT molecular complexity index is 1200. The van der Waals surface area contributed by atoms with E-state index >= 15 is 0 Å². The molecule has 0 saturated heterocycles. The highest BCUT2D eigenvalue weighted by Crippen LogP contribution is 2.36. The summed E-state index contributed by atoms with van der Waals surface area (Å²) in [5.41, 5.74) is 3.02. The van der Waals surface area contributed by atoms with Crippen molar-refractivity contribution >= 4 is 28.6 Å². The van der Waals surface area contributed by atoms with Crippen molar-refractivity contribution in [3.05, 3.63) is 54.2 Å². The molecule has 3 heterocycles. The molecular weight excluding hydrogens is 404 g/mol. The minimum Gasteiger partial charge on any atom is -0.454 e. The third-order valence-corrected chi connectivity index (χ3v) is 5.56. The van der Waals surface area contributed by atoms with E-state index in [1.807, 2.05) is 30.5 Å². The number of para-hydroxylation sites is 1. The van der Waals surface area contributed by atoms with Gasteiger partial charge in [0.2, 0.25) is 18.6 Å². The number of nitrogens with zero attached hydrogens (tertiary/aromatic N) is 2. The van der Waals surface area contributed by atoms with Crippen molar-refractivity contribution in [1.82, 2.24) is 20.5 Å². The molecule has 5 rings (SSSR count). The highest BCUT2D eigenvalue weighted by Gasteiger charge is 2.17. The molecule has 9 heteroatoms. The van der Waals surface area contributed by atoms with E-state index in [-0.39, 0.29) is 18.5 Å². The smallest absolute Gasteiger partial charge is 0.277 e. The molecule has 1 aliphatic rings. The van der Waals surface area contributed by atoms with Gasteiger partial charge in [-0.3, -0.25) is 4.79 Å². The topological polar surface area (TPSA) is 102 Å². The van der Waals surface area contributed by atoms with Crippen molar-refractivity contribution in [2.45, 2.75) is 11.6 Å². The van der Waals surface area contributed by atoms with Crippen LogP contribution >= 0.6 is 11.8 Å². The molecule has 8 nitrogen and oxygen atoms in total. The van der Waals surface area contributed by atoms with Crippen LogP contribution in [0, 0.1) is 0 Å². The summed E-state index contributed by atoms with van der Waals surface area (Å²) >= 11 is 1.21. The van der Waals surface area contributed by atoms with Crippen LogP contribution in [0.15, 0.2) is 58.3 Å². The Morgan fingerprint density at radius 2 is 2.03 bits per heavy atom. The second-order valence-electron chi connectivity index (χ2n) is 6.69. The van der Waals surface area contributed by atoms with Gasteiger partial charge < -0.3 is 24.2 Å². The molecule has 0 saturated carbocycles. The third-order valence-electron chi connectivity index (χ3n) is 4.74. The lowest BCUT2D eigenvalue weighted by Crippen LogP contribution is -2.27. The number of benzene rings is 2. The summed E-state index contributed by atoms with van der Waals surface area (Å²) in [7, 11) is 0. The van der Waals surface area contributed by atoms with Gasteiger partial charge in [0.05, 0.1) is 5.75 Å². The van der Waals surface area contributed by atoms with Crippen LogP contribution in [0.25, 0.3) is 22.4 Å². The van der Waals surface area contributed by atoms with Crippen molar-refractivity contribution in [3.63, 3.8) is 0 Å². The fraction of sp³-hybridized carbons (Fsp3) is 0.190. The number of aromatic amines is 1. The van der Waals surface area contributed by atoms with E-state index in [9.17, 15) is 4.79 Å². The number of thioether (sulfide) groups is 1. The minimum absolute atomic E-state index is 0.0809. The van der Waals surface area contributed by atoms with E-state index in [0.29, 0.717) is 29.2 Å². The summed E-state index contributed by atoms with van der Waals surface area (Å²) in [5, 5.41) is 12.5. The number of amides is 1. The summed E-state index contributed by atoms with van der Waals surface area (Å²) in [6.07, 6.45) is 2.75. The van der Waals surface area contributed by atoms with Crippen molar-refractivity contribution in [2.24, 2.45) is 0 Å². The lowest BCUT2D eigenvalue weighted by atomic mass is 10.1. The van der Waals surface area contributed by atoms with Crippen LogP contribution in [0.3, 0.4) is 0 Å². The molecule has 0 atom stereocenters. The zero-order valence-electron chi connectivity index (χ0n) is 15.9. The Morgan fingerprint density at radius 3 is 3.00 bits per heavy atom. The number of ether oxygens (including phenoxy) is 2. The molecule has 0 bridgehead atoms. The maximum absolute atomic E-state index is 12.2. The number of carbonyl (C=O) groups is 1. The van der Waals surface area contributed by atoms with Crippen molar-refractivity contribution in [3.8, 4) is 23.0 Å². The molecule has 0 radical (unpaired) electrons. The monoisotopic (exact) mass is 422 g/mol. The highest BCUT2D eigenvalue weighted by molar-refractivity contribution is 7.99. The van der Waals surface area contributed by atoms with E-state index in [1.54, 1.807) is 12.1 Å². The lowest BCUT2D eigenvalue weighted by Gasteiger charge is -2.03. The van der Waals surface area contributed by atoms with Crippen LogP contribution < -0.4 is 14.8 Å². The minimum atomic E-state index is -0.0809. The first kappa shape index (κ1) is 18.6. The quantitative estimate of drug-likeness (QED) is 0.440. The van der Waals surface area contributed by atoms with Gasteiger partial charge in [-0.05, 0) is 36.2 Å². The largest absolute Gasteiger partial charge is 0.454 e. The predicted molar refractivity (Wildman–Crippen MR) is 112 cm³/mol. The molecule has 152 valence electrons. The van der Waals surface area contributed by atoms with Crippen LogP contribution in [0.2, 0.25) is 0 Å². The SMILES string of the molecule is O=C(CSc1nnc(-c2ccc3c(c2)OCO3)o1)NCCc1c[nH]c2ccccc12. The highest BCUT2D eigenvalue weighted by atomic mass is 32.2. The predicted octanol–water partition coefficient (Wildman–Crippen LogP) is 3.40. The Hall–Kier alpha value is -3.46. The van der Waals surface area contributed by atoms with Crippen molar-refractivity contribution in [1.29, 1.82) is 0 Å². The Balaban J connectivity index is 1.12. The average molecular weight is 422 g/mol. The number of rotatable bonds is 7. The first-order valence-electron chi connectivity index (χ1n) is 9.44. The second kappa shape index (κ2) is 8.11. The zero-order chi connectivity index (χ0) is 20.3. The number of hydrogen-bond acceptors (Lipinski definition) is 7. The Labute approximate surface area is 176 Å². The van der Waals surface area contributed by atoms with E-state index in [4.69, 9.17) is 13.9 Å². The molecule has 0 unspecified atom stereocenters. The Morgan fingerprint density at radius 1 is 1.13 bits per heavy atom. The summed E-state index contributed by atoms with van der Waals surface area (Å²) in [4.78, 5) is 15.4. The van der Waals surface area contributed by atoms with Gasteiger partial charge in [-0.2, -0.15) is 0 Å². The molecule has 1 amide bonds. The number of fused-ring (bicyclic) bond motifs is 2. The van der Waals surface area contributed by atoms with Gasteiger partial charge in [0.15, 0.2) is 11.5 Å². The molecule has 2 aromatic heterocycles. The van der Waals surface area contributed by atoms with Gasteiger partial charge >= 0.3 is 0 Å². The summed E-state index contributed by atoms with van der Waals surface area (Å²) in [6.45, 7) is 0.770. The first-order chi connectivity index (χ1) is 14.8. The lowest BCUT2D eigenvalue weighted by molar-refractivity contribution is -0.118. The van der Waals surface area contributed by atoms with Gasteiger partial charge in [-0.15, -0.1) is 10.2 Å². The number of nitrogens with one attached hydrogen (secondary N) is 2. The van der Waals surface area contributed by atoms with Crippen molar-refractivity contribution < 1.29 is 18.7 Å². The van der Waals surface area contributed by atoms with Gasteiger partial charge in [0, 0.05) is 29.2 Å². The number of H-pyrrole nitrogens is 1. The van der Waals surface area contributed by atoms with Crippen LogP contribution in [0.4, 0.5) is 0 Å². The van der Waals surface area contributed by atoms with Gasteiger partial charge in [-0.1, -0.05) is 30.0 Å². The van der Waals surface area contributed by atoms with E-state index < -0.39 is 0 Å². The third kappa shape index (κ3) is 3.84. The fourth-order valence-electron chi connectivity index (χ4n) is 3.27. The molecule has 1 aliphatic heterocycles. The Kier molecular flexibility index (Phi) is 5.02. The number of carbonyl (C=O) groups excluding carboxylic acids is 1. The van der Waals surface area contributed by atoms with Crippen LogP contribution in [0.1, 0.15) is 5.56 Å². The first-order valence-corrected chi connectivity index (χ1v) is 10.4. The molecular formula is C21H18N4O4S. The van der Waals surface area contributed by atoms with E-state index in [2.05, 4.69) is 26.6 Å². The van der Waals surface area contributed by atoms with E-state index in [1.165, 1.54) is 22.7 Å². The molecule has 2 aromatic carbocycles. The van der Waals surface area contributed by atoms with E-state index in [0.717, 1.165) is 17.5 Å². The molecule has 0 spiro atoms. The van der Waals surface area contributed by atoms with Crippen LogP contribution in [0.5, 0.6) is 11.5 Å². The standard InChI is InChI=1S/C21H18N4O4S/c26-19(22-8-7-14-10-23-16-4-2-1-3-15(14)16)11-30-21-25-24-20(29-21)13-5-6-17-18(9-13)28-12-27-17/h1-6,9-10,23H,7-8,11-12H2,(H,22,26).